The Balaban J connectivity index is 0.00000144. The predicted molar refractivity (Wildman–Crippen MR) is 76.2 cm³/mol. The fraction of sp³-hybridized carbons (Fsp3) is 0.500. The molecule has 2 nitrogen and oxygen atoms in total. The summed E-state index contributed by atoms with van der Waals surface area (Å²) in [5.74, 6) is 0.514. The number of nitrogens with two attached hydrogens (primary N) is 1. The molecule has 1 aromatic carbocycles. The second-order valence-corrected chi connectivity index (χ2v) is 5.12. The third-order valence-electron chi connectivity index (χ3n) is 3.21. The van der Waals surface area contributed by atoms with E-state index in [0.29, 0.717) is 16.0 Å². The van der Waals surface area contributed by atoms with Gasteiger partial charge >= 0.3 is 0 Å². The molecule has 1 fully saturated rings. The van der Waals surface area contributed by atoms with Crippen molar-refractivity contribution in [3.8, 4) is 0 Å². The number of rotatable bonds is 2. The average Bonchev–Trinajstić information content (AvgIpc) is 2.29. The minimum atomic E-state index is 0. The zero-order valence-electron chi connectivity index (χ0n) is 9.46. The van der Waals surface area contributed by atoms with Crippen molar-refractivity contribution in [2.75, 3.05) is 13.1 Å². The van der Waals surface area contributed by atoms with Crippen molar-refractivity contribution < 1.29 is 0 Å². The maximum absolute atomic E-state index is 6.27. The Morgan fingerprint density at radius 2 is 1.88 bits per heavy atom. The van der Waals surface area contributed by atoms with Crippen LogP contribution in [0.4, 0.5) is 0 Å². The summed E-state index contributed by atoms with van der Waals surface area (Å²) < 4.78 is 0. The van der Waals surface area contributed by atoms with Gasteiger partial charge in [0.15, 0.2) is 0 Å². The molecule has 5 heteroatoms. The summed E-state index contributed by atoms with van der Waals surface area (Å²) in [5, 5.41) is 4.67. The molecule has 1 atom stereocenters. The molecule has 1 aliphatic heterocycles. The van der Waals surface area contributed by atoms with Gasteiger partial charge in [-0.1, -0.05) is 29.3 Å². The van der Waals surface area contributed by atoms with Crippen molar-refractivity contribution in [3.05, 3.63) is 33.8 Å². The molecule has 0 unspecified atom stereocenters. The van der Waals surface area contributed by atoms with Crippen LogP contribution in [0.5, 0.6) is 0 Å². The Hall–Kier alpha value is 0.01000. The summed E-state index contributed by atoms with van der Waals surface area (Å²) in [5.41, 5.74) is 7.28. The van der Waals surface area contributed by atoms with Gasteiger partial charge in [-0.3, -0.25) is 0 Å². The van der Waals surface area contributed by atoms with Crippen molar-refractivity contribution in [2.24, 2.45) is 11.7 Å². The first kappa shape index (κ1) is 15.1. The molecule has 0 radical (unpaired) electrons. The van der Waals surface area contributed by atoms with Crippen LogP contribution in [0.2, 0.25) is 10.0 Å². The van der Waals surface area contributed by atoms with Crippen molar-refractivity contribution in [2.45, 2.75) is 18.9 Å². The molecule has 0 saturated carbocycles. The van der Waals surface area contributed by atoms with Crippen LogP contribution >= 0.6 is 35.6 Å². The SMILES string of the molecule is Cl.N[C@@H](c1ccc(Cl)cc1Cl)C1CCNCC1. The lowest BCUT2D eigenvalue weighted by Gasteiger charge is -2.28. The quantitative estimate of drug-likeness (QED) is 0.877. The highest BCUT2D eigenvalue weighted by Crippen LogP contribution is 2.32. The van der Waals surface area contributed by atoms with Crippen LogP contribution < -0.4 is 11.1 Å². The summed E-state index contributed by atoms with van der Waals surface area (Å²) >= 11 is 12.0. The van der Waals surface area contributed by atoms with Crippen LogP contribution in [-0.2, 0) is 0 Å². The van der Waals surface area contributed by atoms with Gasteiger partial charge in [0, 0.05) is 16.1 Å². The Morgan fingerprint density at radius 1 is 1.24 bits per heavy atom. The molecule has 0 amide bonds. The predicted octanol–water partition coefficient (Wildman–Crippen LogP) is 3.41. The topological polar surface area (TPSA) is 38.0 Å². The molecule has 1 aliphatic rings. The standard InChI is InChI=1S/C12H16Cl2N2.ClH/c13-9-1-2-10(11(14)7-9)12(15)8-3-5-16-6-4-8;/h1-2,7-8,12,16H,3-6,15H2;1H/t12-;/m1./s1. The molecule has 2 rings (SSSR count). The lowest BCUT2D eigenvalue weighted by Crippen LogP contribution is -2.33. The normalized spacial score (nSPS) is 18.5. The van der Waals surface area contributed by atoms with E-state index in [9.17, 15) is 0 Å². The Kier molecular flexibility index (Phi) is 6.04. The largest absolute Gasteiger partial charge is 0.324 e. The molecule has 0 bridgehead atoms. The van der Waals surface area contributed by atoms with Crippen LogP contribution in [0.25, 0.3) is 0 Å². The highest BCUT2D eigenvalue weighted by Gasteiger charge is 2.23. The van der Waals surface area contributed by atoms with Gasteiger partial charge < -0.3 is 11.1 Å². The van der Waals surface area contributed by atoms with Crippen molar-refractivity contribution >= 4 is 35.6 Å². The highest BCUT2D eigenvalue weighted by atomic mass is 35.5. The second-order valence-electron chi connectivity index (χ2n) is 4.28. The lowest BCUT2D eigenvalue weighted by molar-refractivity contribution is 0.322. The van der Waals surface area contributed by atoms with E-state index in [1.807, 2.05) is 12.1 Å². The van der Waals surface area contributed by atoms with Gasteiger partial charge in [-0.2, -0.15) is 0 Å². The van der Waals surface area contributed by atoms with E-state index in [1.54, 1.807) is 6.07 Å². The second kappa shape index (κ2) is 6.81. The minimum absolute atomic E-state index is 0. The van der Waals surface area contributed by atoms with Gasteiger partial charge in [-0.15, -0.1) is 12.4 Å². The van der Waals surface area contributed by atoms with E-state index in [4.69, 9.17) is 28.9 Å². The number of benzene rings is 1. The fourth-order valence-electron chi connectivity index (χ4n) is 2.23. The molecule has 0 spiro atoms. The molecule has 96 valence electrons. The highest BCUT2D eigenvalue weighted by molar-refractivity contribution is 6.35. The maximum Gasteiger partial charge on any atom is 0.0468 e. The summed E-state index contributed by atoms with van der Waals surface area (Å²) in [7, 11) is 0. The van der Waals surface area contributed by atoms with Crippen molar-refractivity contribution in [1.82, 2.24) is 5.32 Å². The van der Waals surface area contributed by atoms with Gasteiger partial charge in [0.2, 0.25) is 0 Å². The smallest absolute Gasteiger partial charge is 0.0468 e. The van der Waals surface area contributed by atoms with Crippen LogP contribution in [0.1, 0.15) is 24.4 Å². The minimum Gasteiger partial charge on any atom is -0.324 e. The molecular weight excluding hydrogens is 279 g/mol. The summed E-state index contributed by atoms with van der Waals surface area (Å²) in [6, 6.07) is 5.58. The average molecular weight is 296 g/mol. The number of piperidine rings is 1. The van der Waals surface area contributed by atoms with Gasteiger partial charge in [-0.25, -0.2) is 0 Å². The van der Waals surface area contributed by atoms with Gasteiger partial charge in [0.25, 0.3) is 0 Å². The van der Waals surface area contributed by atoms with E-state index in [1.165, 1.54) is 0 Å². The molecule has 0 aliphatic carbocycles. The Morgan fingerprint density at radius 3 is 2.47 bits per heavy atom. The first-order valence-electron chi connectivity index (χ1n) is 5.59. The molecule has 1 aromatic rings. The molecule has 1 heterocycles. The maximum atomic E-state index is 6.27. The molecule has 17 heavy (non-hydrogen) atoms. The van der Waals surface area contributed by atoms with Gasteiger partial charge in [0.1, 0.15) is 0 Å². The third-order valence-corrected chi connectivity index (χ3v) is 3.78. The van der Waals surface area contributed by atoms with E-state index in [2.05, 4.69) is 5.32 Å². The molecular formula is C12H17Cl3N2. The zero-order chi connectivity index (χ0) is 11.5. The first-order chi connectivity index (χ1) is 7.68. The van der Waals surface area contributed by atoms with Crippen LogP contribution in [0.3, 0.4) is 0 Å². The van der Waals surface area contributed by atoms with Gasteiger partial charge in [0.05, 0.1) is 0 Å². The summed E-state index contributed by atoms with van der Waals surface area (Å²) in [6.45, 7) is 2.09. The first-order valence-corrected chi connectivity index (χ1v) is 6.35. The third kappa shape index (κ3) is 3.73. The molecule has 1 saturated heterocycles. The van der Waals surface area contributed by atoms with Crippen LogP contribution in [0.15, 0.2) is 18.2 Å². The van der Waals surface area contributed by atoms with E-state index >= 15 is 0 Å². The number of hydrogen-bond donors (Lipinski definition) is 2. The van der Waals surface area contributed by atoms with Gasteiger partial charge in [-0.05, 0) is 49.5 Å². The number of nitrogens with one attached hydrogen (secondary N) is 1. The van der Waals surface area contributed by atoms with Crippen molar-refractivity contribution in [3.63, 3.8) is 0 Å². The van der Waals surface area contributed by atoms with Crippen molar-refractivity contribution in [1.29, 1.82) is 0 Å². The fourth-order valence-corrected chi connectivity index (χ4v) is 2.76. The van der Waals surface area contributed by atoms with Crippen LogP contribution in [0, 0.1) is 5.92 Å². The number of hydrogen-bond acceptors (Lipinski definition) is 2. The molecule has 3 N–H and O–H groups in total. The zero-order valence-corrected chi connectivity index (χ0v) is 11.8. The van der Waals surface area contributed by atoms with E-state index in [-0.39, 0.29) is 18.4 Å². The lowest BCUT2D eigenvalue weighted by atomic mass is 9.86. The summed E-state index contributed by atoms with van der Waals surface area (Å²) in [6.07, 6.45) is 2.22. The Labute approximate surface area is 118 Å². The summed E-state index contributed by atoms with van der Waals surface area (Å²) in [4.78, 5) is 0. The number of halogens is 3. The van der Waals surface area contributed by atoms with E-state index < -0.39 is 0 Å². The van der Waals surface area contributed by atoms with E-state index in [0.717, 1.165) is 31.5 Å². The Bertz CT molecular complexity index is 365. The van der Waals surface area contributed by atoms with Crippen LogP contribution in [-0.4, -0.2) is 13.1 Å². The molecule has 0 aromatic heterocycles. The monoisotopic (exact) mass is 294 g/mol.